The topological polar surface area (TPSA) is 99.7 Å². The van der Waals surface area contributed by atoms with Crippen molar-refractivity contribution in [2.75, 3.05) is 13.2 Å². The number of halogens is 3. The molecule has 0 unspecified atom stereocenters. The van der Waals surface area contributed by atoms with Gasteiger partial charge >= 0.3 is 6.18 Å². The molecule has 8 nitrogen and oxygen atoms in total. The maximum Gasteiger partial charge on any atom is 0.416 e. The van der Waals surface area contributed by atoms with Gasteiger partial charge in [-0.1, -0.05) is 18.2 Å². The van der Waals surface area contributed by atoms with Gasteiger partial charge in [0.1, 0.15) is 11.3 Å². The molecular weight excluding hydrogens is 497 g/mol. The molecule has 2 aliphatic rings. The Hall–Kier alpha value is -2.93. The van der Waals surface area contributed by atoms with E-state index >= 15 is 0 Å². The third-order valence-corrected chi connectivity index (χ3v) is 7.61. The summed E-state index contributed by atoms with van der Waals surface area (Å²) in [5, 5.41) is 10.0. The normalized spacial score (nSPS) is 17.7. The lowest BCUT2D eigenvalue weighted by Crippen LogP contribution is -2.63. The third kappa shape index (κ3) is 4.61. The van der Waals surface area contributed by atoms with Crippen LogP contribution in [0, 0.1) is 0 Å². The minimum atomic E-state index is -4.43. The van der Waals surface area contributed by atoms with Crippen molar-refractivity contribution >= 4 is 10.2 Å². The minimum absolute atomic E-state index is 0.141. The predicted molar refractivity (Wildman–Crippen MR) is 125 cm³/mol. The fourth-order valence-electron chi connectivity index (χ4n) is 4.54. The van der Waals surface area contributed by atoms with Crippen molar-refractivity contribution in [3.8, 4) is 22.9 Å². The summed E-state index contributed by atoms with van der Waals surface area (Å²) in [6.45, 7) is 2.83. The lowest BCUT2D eigenvalue weighted by molar-refractivity contribution is -0.137. The smallest absolute Gasteiger partial charge is 0.416 e. The SMILES string of the molecule is CCn1nc(Oc2ccc(C(F)(F)F)cc2)cc1-c1cccc(C2(N(C3CC3)S(N)(=O)=O)COC2)c1. The van der Waals surface area contributed by atoms with Gasteiger partial charge in [0.2, 0.25) is 5.88 Å². The summed E-state index contributed by atoms with van der Waals surface area (Å²) in [5.41, 5.74) is 0.619. The lowest BCUT2D eigenvalue weighted by Gasteiger charge is -2.48. The number of hydrogen-bond donors (Lipinski definition) is 1. The fourth-order valence-corrected chi connectivity index (χ4v) is 5.87. The van der Waals surface area contributed by atoms with E-state index in [9.17, 15) is 21.6 Å². The number of nitrogens with two attached hydrogens (primary N) is 1. The molecule has 192 valence electrons. The third-order valence-electron chi connectivity index (χ3n) is 6.41. The van der Waals surface area contributed by atoms with E-state index in [1.54, 1.807) is 10.7 Å². The summed E-state index contributed by atoms with van der Waals surface area (Å²) >= 11 is 0. The molecule has 12 heteroatoms. The minimum Gasteiger partial charge on any atom is -0.438 e. The van der Waals surface area contributed by atoms with Gasteiger partial charge in [-0.15, -0.1) is 5.10 Å². The zero-order chi connectivity index (χ0) is 25.7. The van der Waals surface area contributed by atoms with Crippen LogP contribution in [0.1, 0.15) is 30.9 Å². The highest BCUT2D eigenvalue weighted by Gasteiger charge is 2.55. The Morgan fingerprint density at radius 3 is 2.39 bits per heavy atom. The Balaban J connectivity index is 1.46. The molecule has 1 aromatic heterocycles. The number of rotatable bonds is 8. The van der Waals surface area contributed by atoms with Gasteiger partial charge < -0.3 is 9.47 Å². The first-order valence-corrected chi connectivity index (χ1v) is 13.0. The summed E-state index contributed by atoms with van der Waals surface area (Å²) in [6, 6.07) is 13.4. The van der Waals surface area contributed by atoms with Crippen molar-refractivity contribution in [3.63, 3.8) is 0 Å². The van der Waals surface area contributed by atoms with Crippen molar-refractivity contribution in [3.05, 3.63) is 65.7 Å². The predicted octanol–water partition coefficient (Wildman–Crippen LogP) is 4.27. The zero-order valence-corrected chi connectivity index (χ0v) is 20.2. The average molecular weight is 523 g/mol. The number of alkyl halides is 3. The van der Waals surface area contributed by atoms with Gasteiger partial charge in [-0.05, 0) is 55.7 Å². The quantitative estimate of drug-likeness (QED) is 0.476. The van der Waals surface area contributed by atoms with Crippen LogP contribution in [0.5, 0.6) is 11.6 Å². The molecule has 0 spiro atoms. The first-order chi connectivity index (χ1) is 17.0. The molecule has 2 heterocycles. The molecule has 1 saturated heterocycles. The highest BCUT2D eigenvalue weighted by atomic mass is 32.2. The number of aromatic nitrogens is 2. The number of hydrogen-bond acceptors (Lipinski definition) is 5. The first-order valence-electron chi connectivity index (χ1n) is 11.5. The molecule has 1 aliphatic carbocycles. The fraction of sp³-hybridized carbons (Fsp3) is 0.375. The molecule has 1 aliphatic heterocycles. The number of ether oxygens (including phenoxy) is 2. The van der Waals surface area contributed by atoms with E-state index in [4.69, 9.17) is 14.6 Å². The van der Waals surface area contributed by atoms with Crippen LogP contribution in [-0.2, 0) is 33.2 Å². The van der Waals surface area contributed by atoms with Gasteiger partial charge in [-0.2, -0.15) is 25.9 Å². The van der Waals surface area contributed by atoms with E-state index in [-0.39, 0.29) is 30.9 Å². The van der Waals surface area contributed by atoms with Crippen LogP contribution >= 0.6 is 0 Å². The molecule has 2 aromatic carbocycles. The van der Waals surface area contributed by atoms with E-state index in [0.717, 1.165) is 36.1 Å². The lowest BCUT2D eigenvalue weighted by atomic mass is 9.86. The second-order valence-electron chi connectivity index (χ2n) is 8.98. The van der Waals surface area contributed by atoms with Gasteiger partial charge in [0.15, 0.2) is 0 Å². The van der Waals surface area contributed by atoms with E-state index < -0.39 is 27.5 Å². The summed E-state index contributed by atoms with van der Waals surface area (Å²) < 4.78 is 77.8. The van der Waals surface area contributed by atoms with Gasteiger partial charge in [0.05, 0.1) is 24.5 Å². The maximum absolute atomic E-state index is 12.8. The number of aryl methyl sites for hydroxylation is 1. The number of nitrogens with zero attached hydrogens (tertiary/aromatic N) is 3. The van der Waals surface area contributed by atoms with E-state index in [1.165, 1.54) is 16.4 Å². The molecule has 0 radical (unpaired) electrons. The van der Waals surface area contributed by atoms with Crippen LogP contribution in [0.15, 0.2) is 54.6 Å². The van der Waals surface area contributed by atoms with Gasteiger partial charge in [0, 0.05) is 24.2 Å². The molecule has 0 amide bonds. The summed E-state index contributed by atoms with van der Waals surface area (Å²) in [5.74, 6) is 0.450. The van der Waals surface area contributed by atoms with Crippen LogP contribution in [-0.4, -0.2) is 41.8 Å². The van der Waals surface area contributed by atoms with Crippen molar-refractivity contribution in [1.82, 2.24) is 14.1 Å². The summed E-state index contributed by atoms with van der Waals surface area (Å²) in [6.07, 6.45) is -2.92. The van der Waals surface area contributed by atoms with Crippen molar-refractivity contribution in [1.29, 1.82) is 0 Å². The molecule has 0 atom stereocenters. The van der Waals surface area contributed by atoms with Crippen molar-refractivity contribution < 1.29 is 31.1 Å². The van der Waals surface area contributed by atoms with E-state index in [0.29, 0.717) is 12.2 Å². The van der Waals surface area contributed by atoms with Crippen LogP contribution in [0.4, 0.5) is 13.2 Å². The van der Waals surface area contributed by atoms with E-state index in [1.807, 2.05) is 31.2 Å². The molecule has 2 fully saturated rings. The van der Waals surface area contributed by atoms with E-state index in [2.05, 4.69) is 5.10 Å². The Kier molecular flexibility index (Phi) is 6.10. The van der Waals surface area contributed by atoms with Crippen molar-refractivity contribution in [2.24, 2.45) is 5.14 Å². The summed E-state index contributed by atoms with van der Waals surface area (Å²) in [4.78, 5) is 0. The monoisotopic (exact) mass is 522 g/mol. The molecule has 0 bridgehead atoms. The molecule has 2 N–H and O–H groups in total. The summed E-state index contributed by atoms with van der Waals surface area (Å²) in [7, 11) is -3.96. The van der Waals surface area contributed by atoms with Crippen molar-refractivity contribution in [2.45, 2.75) is 44.1 Å². The second-order valence-corrected chi connectivity index (χ2v) is 10.4. The first kappa shape index (κ1) is 24.8. The van der Waals surface area contributed by atoms with Gasteiger partial charge in [0.25, 0.3) is 10.2 Å². The van der Waals surface area contributed by atoms with Crippen LogP contribution in [0.25, 0.3) is 11.3 Å². The highest BCUT2D eigenvalue weighted by molar-refractivity contribution is 7.86. The number of benzene rings is 2. The highest BCUT2D eigenvalue weighted by Crippen LogP contribution is 2.45. The maximum atomic E-state index is 12.8. The van der Waals surface area contributed by atoms with Gasteiger partial charge in [-0.3, -0.25) is 4.68 Å². The van der Waals surface area contributed by atoms with Gasteiger partial charge in [-0.25, -0.2) is 5.14 Å². The molecule has 36 heavy (non-hydrogen) atoms. The molecule has 3 aromatic rings. The molecule has 1 saturated carbocycles. The van der Waals surface area contributed by atoms with Crippen LogP contribution in [0.3, 0.4) is 0 Å². The Morgan fingerprint density at radius 2 is 1.86 bits per heavy atom. The molecular formula is C24H25F3N4O4S. The largest absolute Gasteiger partial charge is 0.438 e. The second kappa shape index (κ2) is 8.87. The Bertz CT molecular complexity index is 1360. The zero-order valence-electron chi connectivity index (χ0n) is 19.4. The molecule has 5 rings (SSSR count). The standard InChI is InChI=1S/C24H25F3N4O4S/c1-2-30-21(13-22(29-30)35-20-10-6-17(7-11-20)24(25,26)27)16-4-3-5-18(12-16)23(14-34-15-23)31(19-8-9-19)36(28,32)33/h3-7,10-13,19H,2,8-9,14-15H2,1H3,(H2,28,32,33). The van der Waals surface area contributed by atoms with Crippen LogP contribution < -0.4 is 9.88 Å². The average Bonchev–Trinajstić information content (AvgIpc) is 3.53. The Labute approximate surface area is 206 Å². The van der Waals surface area contributed by atoms with Crippen LogP contribution in [0.2, 0.25) is 0 Å². The Morgan fingerprint density at radius 1 is 1.17 bits per heavy atom.